The first kappa shape index (κ1) is 17.8. The Balaban J connectivity index is 1.46. The summed E-state index contributed by atoms with van der Waals surface area (Å²) in [7, 11) is 2.10. The van der Waals surface area contributed by atoms with Gasteiger partial charge < -0.3 is 14.4 Å². The number of nitrogens with zero attached hydrogens (tertiary/aromatic N) is 6. The van der Waals surface area contributed by atoms with Crippen molar-refractivity contribution in [1.82, 2.24) is 29.5 Å². The molecule has 4 aromatic rings. The van der Waals surface area contributed by atoms with Crippen molar-refractivity contribution in [2.24, 2.45) is 0 Å². The van der Waals surface area contributed by atoms with Gasteiger partial charge in [0.05, 0.1) is 28.5 Å². The van der Waals surface area contributed by atoms with Gasteiger partial charge in [0.15, 0.2) is 5.65 Å². The standard InChI is InChI=1S/C22H22N6O/c1-13-9-28-12-20(24-14(2)22(28)23-13)15-4-5-17(21(29)8-15)19-7-6-18(25-26-19)16-10-27(3)11-16/h4-9,12,16,29H,10-11H2,1-3H3. The van der Waals surface area contributed by atoms with Crippen molar-refractivity contribution in [2.45, 2.75) is 19.8 Å². The highest BCUT2D eigenvalue weighted by atomic mass is 16.3. The van der Waals surface area contributed by atoms with Gasteiger partial charge >= 0.3 is 0 Å². The fourth-order valence-corrected chi connectivity index (χ4v) is 3.91. The lowest BCUT2D eigenvalue weighted by Gasteiger charge is -2.35. The SMILES string of the molecule is Cc1cn2cc(-c3ccc(-c4ccc(C5CN(C)C5)nn4)c(O)c3)nc(C)c2n1. The van der Waals surface area contributed by atoms with Crippen molar-refractivity contribution in [3.8, 4) is 28.3 Å². The van der Waals surface area contributed by atoms with Crippen LogP contribution in [0.1, 0.15) is 23.0 Å². The van der Waals surface area contributed by atoms with Gasteiger partial charge in [-0.2, -0.15) is 10.2 Å². The summed E-state index contributed by atoms with van der Waals surface area (Å²) < 4.78 is 1.97. The number of imidazole rings is 1. The minimum absolute atomic E-state index is 0.161. The number of aromatic nitrogens is 5. The number of phenolic OH excluding ortho intramolecular Hbond substituents is 1. The summed E-state index contributed by atoms with van der Waals surface area (Å²) in [5.41, 5.74) is 6.59. The van der Waals surface area contributed by atoms with Crippen LogP contribution in [0.3, 0.4) is 0 Å². The topological polar surface area (TPSA) is 79.4 Å². The maximum atomic E-state index is 10.6. The molecule has 0 radical (unpaired) electrons. The predicted octanol–water partition coefficient (Wildman–Crippen LogP) is 3.20. The van der Waals surface area contributed by atoms with Crippen molar-refractivity contribution < 1.29 is 5.11 Å². The molecule has 1 saturated heterocycles. The third-order valence-electron chi connectivity index (χ3n) is 5.46. The highest BCUT2D eigenvalue weighted by molar-refractivity contribution is 5.73. The molecule has 0 bridgehead atoms. The maximum Gasteiger partial charge on any atom is 0.158 e. The van der Waals surface area contributed by atoms with E-state index >= 15 is 0 Å². The molecular formula is C22H22N6O. The minimum atomic E-state index is 0.161. The zero-order valence-corrected chi connectivity index (χ0v) is 16.7. The molecule has 0 aliphatic carbocycles. The molecule has 1 fully saturated rings. The molecular weight excluding hydrogens is 364 g/mol. The molecule has 0 saturated carbocycles. The van der Waals surface area contributed by atoms with E-state index in [9.17, 15) is 5.11 Å². The number of rotatable bonds is 3. The van der Waals surface area contributed by atoms with Crippen molar-refractivity contribution >= 4 is 5.65 Å². The monoisotopic (exact) mass is 386 g/mol. The summed E-state index contributed by atoms with van der Waals surface area (Å²) in [4.78, 5) is 11.4. The number of hydrogen-bond acceptors (Lipinski definition) is 6. The van der Waals surface area contributed by atoms with Crippen LogP contribution in [-0.4, -0.2) is 54.7 Å². The number of fused-ring (bicyclic) bond motifs is 1. The van der Waals surface area contributed by atoms with Gasteiger partial charge in [0, 0.05) is 42.5 Å². The number of likely N-dealkylation sites (tertiary alicyclic amines) is 1. The van der Waals surface area contributed by atoms with E-state index in [4.69, 9.17) is 0 Å². The Hall–Kier alpha value is -3.32. The number of phenols is 1. The molecule has 1 aromatic carbocycles. The molecule has 0 atom stereocenters. The van der Waals surface area contributed by atoms with Crippen molar-refractivity contribution in [1.29, 1.82) is 0 Å². The number of hydrogen-bond donors (Lipinski definition) is 1. The molecule has 7 nitrogen and oxygen atoms in total. The highest BCUT2D eigenvalue weighted by Crippen LogP contribution is 2.33. The van der Waals surface area contributed by atoms with Crippen molar-refractivity contribution in [3.63, 3.8) is 0 Å². The van der Waals surface area contributed by atoms with Crippen molar-refractivity contribution in [3.05, 3.63) is 59.8 Å². The van der Waals surface area contributed by atoms with Gasteiger partial charge in [-0.05, 0) is 45.2 Å². The third kappa shape index (κ3) is 3.13. The molecule has 0 amide bonds. The molecule has 146 valence electrons. The molecule has 5 rings (SSSR count). The summed E-state index contributed by atoms with van der Waals surface area (Å²) in [6, 6.07) is 9.48. The van der Waals surface area contributed by atoms with Crippen LogP contribution in [0.25, 0.3) is 28.2 Å². The molecule has 7 heteroatoms. The highest BCUT2D eigenvalue weighted by Gasteiger charge is 2.26. The lowest BCUT2D eigenvalue weighted by atomic mass is 9.96. The van der Waals surface area contributed by atoms with Gasteiger partial charge in [-0.3, -0.25) is 0 Å². The van der Waals surface area contributed by atoms with Gasteiger partial charge in [-0.1, -0.05) is 6.07 Å². The average Bonchev–Trinajstić information content (AvgIpc) is 3.07. The fraction of sp³-hybridized carbons (Fsp3) is 0.273. The number of likely N-dealkylation sites (N-methyl/N-ethyl adjacent to an activating group) is 1. The number of aryl methyl sites for hydroxylation is 2. The van der Waals surface area contributed by atoms with Crippen LogP contribution in [0.15, 0.2) is 42.7 Å². The van der Waals surface area contributed by atoms with Crippen LogP contribution in [0.2, 0.25) is 0 Å². The maximum absolute atomic E-state index is 10.6. The van der Waals surface area contributed by atoms with Crippen LogP contribution in [0, 0.1) is 13.8 Å². The normalized spacial score (nSPS) is 15.0. The Bertz CT molecular complexity index is 1210. The van der Waals surface area contributed by atoms with Crippen LogP contribution in [0.4, 0.5) is 0 Å². The summed E-state index contributed by atoms with van der Waals surface area (Å²) in [6.45, 7) is 5.93. The van der Waals surface area contributed by atoms with E-state index in [0.29, 0.717) is 17.2 Å². The third-order valence-corrected chi connectivity index (χ3v) is 5.46. The number of benzene rings is 1. The van der Waals surface area contributed by atoms with E-state index in [1.54, 1.807) is 6.07 Å². The summed E-state index contributed by atoms with van der Waals surface area (Å²) in [5, 5.41) is 19.4. The van der Waals surface area contributed by atoms with E-state index < -0.39 is 0 Å². The second-order valence-corrected chi connectivity index (χ2v) is 7.82. The van der Waals surface area contributed by atoms with Gasteiger partial charge in [0.1, 0.15) is 5.75 Å². The Labute approximate surface area is 168 Å². The zero-order chi connectivity index (χ0) is 20.1. The van der Waals surface area contributed by atoms with E-state index in [2.05, 4.69) is 32.1 Å². The van der Waals surface area contributed by atoms with Crippen LogP contribution in [0.5, 0.6) is 5.75 Å². The fourth-order valence-electron chi connectivity index (χ4n) is 3.91. The van der Waals surface area contributed by atoms with Crippen LogP contribution < -0.4 is 0 Å². The van der Waals surface area contributed by atoms with E-state index in [-0.39, 0.29) is 5.75 Å². The molecule has 4 heterocycles. The first-order chi connectivity index (χ1) is 14.0. The van der Waals surface area contributed by atoms with Gasteiger partial charge in [0.25, 0.3) is 0 Å². The summed E-state index contributed by atoms with van der Waals surface area (Å²) in [5.74, 6) is 0.614. The predicted molar refractivity (Wildman–Crippen MR) is 111 cm³/mol. The molecule has 0 unspecified atom stereocenters. The van der Waals surface area contributed by atoms with Crippen molar-refractivity contribution in [2.75, 3.05) is 20.1 Å². The lowest BCUT2D eigenvalue weighted by molar-refractivity contribution is 0.186. The van der Waals surface area contributed by atoms with E-state index in [1.165, 1.54) is 0 Å². The molecule has 1 aliphatic rings. The smallest absolute Gasteiger partial charge is 0.158 e. The second-order valence-electron chi connectivity index (χ2n) is 7.82. The molecule has 0 spiro atoms. The summed E-state index contributed by atoms with van der Waals surface area (Å²) in [6.07, 6.45) is 3.90. The van der Waals surface area contributed by atoms with E-state index in [0.717, 1.165) is 47.1 Å². The minimum Gasteiger partial charge on any atom is -0.507 e. The lowest BCUT2D eigenvalue weighted by Crippen LogP contribution is -2.42. The molecule has 3 aromatic heterocycles. The van der Waals surface area contributed by atoms with Gasteiger partial charge in [0.2, 0.25) is 0 Å². The van der Waals surface area contributed by atoms with Gasteiger partial charge in [-0.15, -0.1) is 0 Å². The summed E-state index contributed by atoms with van der Waals surface area (Å²) >= 11 is 0. The largest absolute Gasteiger partial charge is 0.507 e. The Kier molecular flexibility index (Phi) is 4.06. The second kappa shape index (κ2) is 6.63. The molecule has 29 heavy (non-hydrogen) atoms. The molecule has 1 aliphatic heterocycles. The first-order valence-electron chi connectivity index (χ1n) is 9.67. The first-order valence-corrected chi connectivity index (χ1v) is 9.67. The van der Waals surface area contributed by atoms with Crippen LogP contribution >= 0.6 is 0 Å². The quantitative estimate of drug-likeness (QED) is 0.582. The Morgan fingerprint density at radius 1 is 0.966 bits per heavy atom. The van der Waals surface area contributed by atoms with E-state index in [1.807, 2.05) is 54.9 Å². The Morgan fingerprint density at radius 3 is 2.48 bits per heavy atom. The zero-order valence-electron chi connectivity index (χ0n) is 16.7. The number of aromatic hydroxyl groups is 1. The molecule has 1 N–H and O–H groups in total. The van der Waals surface area contributed by atoms with Gasteiger partial charge in [-0.25, -0.2) is 9.97 Å². The average molecular weight is 386 g/mol. The van der Waals surface area contributed by atoms with Crippen LogP contribution in [-0.2, 0) is 0 Å². The Morgan fingerprint density at radius 2 is 1.79 bits per heavy atom.